The molecule has 0 unspecified atom stereocenters. The molecule has 0 aliphatic rings. The van der Waals surface area contributed by atoms with Crippen molar-refractivity contribution in [1.29, 1.82) is 0 Å². The van der Waals surface area contributed by atoms with Crippen LogP contribution in [0.2, 0.25) is 0 Å². The van der Waals surface area contributed by atoms with Gasteiger partial charge in [0.25, 0.3) is 5.91 Å². The van der Waals surface area contributed by atoms with Crippen LogP contribution in [0.3, 0.4) is 0 Å². The van der Waals surface area contributed by atoms with Gasteiger partial charge in [-0.2, -0.15) is 0 Å². The number of nitrogens with zero attached hydrogens (tertiary/aromatic N) is 1. The molecular formula is C9H12BrNOS. The first kappa shape index (κ1) is 10.7. The molecule has 0 saturated carbocycles. The minimum atomic E-state index is 0.109. The largest absolute Gasteiger partial charge is 0.341 e. The van der Waals surface area contributed by atoms with Gasteiger partial charge in [0.2, 0.25) is 0 Å². The van der Waals surface area contributed by atoms with Gasteiger partial charge in [-0.1, -0.05) is 6.92 Å². The number of amides is 1. The van der Waals surface area contributed by atoms with Crippen LogP contribution in [0.15, 0.2) is 15.9 Å². The van der Waals surface area contributed by atoms with E-state index in [0.717, 1.165) is 21.6 Å². The van der Waals surface area contributed by atoms with Crippen LogP contribution in [0.1, 0.15) is 23.0 Å². The van der Waals surface area contributed by atoms with Crippen molar-refractivity contribution in [2.45, 2.75) is 13.3 Å². The fourth-order valence-corrected chi connectivity index (χ4v) is 2.44. The van der Waals surface area contributed by atoms with E-state index < -0.39 is 0 Å². The van der Waals surface area contributed by atoms with Gasteiger partial charge in [-0.15, -0.1) is 11.3 Å². The Morgan fingerprint density at radius 3 is 2.77 bits per heavy atom. The zero-order valence-electron chi connectivity index (χ0n) is 7.71. The van der Waals surface area contributed by atoms with Crippen LogP contribution < -0.4 is 0 Å². The fourth-order valence-electron chi connectivity index (χ4n) is 1.05. The van der Waals surface area contributed by atoms with Gasteiger partial charge in [0.05, 0.1) is 8.66 Å². The van der Waals surface area contributed by atoms with E-state index in [1.165, 1.54) is 11.3 Å². The molecule has 0 saturated heterocycles. The van der Waals surface area contributed by atoms with Crippen molar-refractivity contribution in [3.05, 3.63) is 20.8 Å². The van der Waals surface area contributed by atoms with Crippen LogP contribution in [0, 0.1) is 0 Å². The molecule has 1 amide bonds. The monoisotopic (exact) mass is 261 g/mol. The summed E-state index contributed by atoms with van der Waals surface area (Å²) in [6.45, 7) is 2.88. The normalized spacial score (nSPS) is 10.1. The molecule has 13 heavy (non-hydrogen) atoms. The summed E-state index contributed by atoms with van der Waals surface area (Å²) in [6, 6.07) is 3.75. The second-order valence-corrected chi connectivity index (χ2v) is 5.29. The zero-order chi connectivity index (χ0) is 9.84. The van der Waals surface area contributed by atoms with Crippen LogP contribution in [0.4, 0.5) is 0 Å². The highest BCUT2D eigenvalue weighted by Crippen LogP contribution is 2.22. The van der Waals surface area contributed by atoms with Gasteiger partial charge in [0.15, 0.2) is 0 Å². The van der Waals surface area contributed by atoms with Gasteiger partial charge in [0, 0.05) is 13.6 Å². The van der Waals surface area contributed by atoms with E-state index >= 15 is 0 Å². The molecule has 0 aromatic carbocycles. The maximum atomic E-state index is 11.7. The first-order valence-electron chi connectivity index (χ1n) is 4.16. The minimum Gasteiger partial charge on any atom is -0.341 e. The maximum absolute atomic E-state index is 11.7. The number of halogens is 1. The molecule has 0 spiro atoms. The predicted octanol–water partition coefficient (Wildman–Crippen LogP) is 2.99. The van der Waals surface area contributed by atoms with Gasteiger partial charge in [-0.25, -0.2) is 0 Å². The van der Waals surface area contributed by atoms with E-state index in [2.05, 4.69) is 22.9 Å². The lowest BCUT2D eigenvalue weighted by Gasteiger charge is -2.14. The molecule has 1 rings (SSSR count). The molecule has 1 aromatic heterocycles. The molecule has 72 valence electrons. The Kier molecular flexibility index (Phi) is 3.93. The highest BCUT2D eigenvalue weighted by Gasteiger charge is 2.12. The second-order valence-electron chi connectivity index (χ2n) is 2.83. The highest BCUT2D eigenvalue weighted by atomic mass is 79.9. The third kappa shape index (κ3) is 2.81. The molecular weight excluding hydrogens is 250 g/mol. The van der Waals surface area contributed by atoms with E-state index in [1.54, 1.807) is 4.90 Å². The Labute approximate surface area is 90.7 Å². The Balaban J connectivity index is 2.67. The molecule has 4 heteroatoms. The SMILES string of the molecule is CCCN(C)C(=O)c1ccc(Br)s1. The van der Waals surface area contributed by atoms with Crippen molar-refractivity contribution in [1.82, 2.24) is 4.90 Å². The van der Waals surface area contributed by atoms with Crippen molar-refractivity contribution >= 4 is 33.2 Å². The molecule has 0 atom stereocenters. The van der Waals surface area contributed by atoms with E-state index in [0.29, 0.717) is 0 Å². The summed E-state index contributed by atoms with van der Waals surface area (Å²) in [6.07, 6.45) is 0.995. The first-order chi connectivity index (χ1) is 6.15. The molecule has 0 aliphatic heterocycles. The summed E-state index contributed by atoms with van der Waals surface area (Å²) in [5.41, 5.74) is 0. The zero-order valence-corrected chi connectivity index (χ0v) is 10.1. The maximum Gasteiger partial charge on any atom is 0.263 e. The van der Waals surface area contributed by atoms with Gasteiger partial charge >= 0.3 is 0 Å². The smallest absolute Gasteiger partial charge is 0.263 e. The summed E-state index contributed by atoms with van der Waals surface area (Å²) in [5.74, 6) is 0.109. The van der Waals surface area contributed by atoms with E-state index in [1.807, 2.05) is 19.2 Å². The summed E-state index contributed by atoms with van der Waals surface area (Å²) < 4.78 is 1.00. The van der Waals surface area contributed by atoms with E-state index in [-0.39, 0.29) is 5.91 Å². The molecule has 0 N–H and O–H groups in total. The van der Waals surface area contributed by atoms with E-state index in [4.69, 9.17) is 0 Å². The van der Waals surface area contributed by atoms with Gasteiger partial charge in [-0.3, -0.25) is 4.79 Å². The summed E-state index contributed by atoms with van der Waals surface area (Å²) in [4.78, 5) is 14.2. The number of hydrogen-bond acceptors (Lipinski definition) is 2. The Morgan fingerprint density at radius 1 is 1.62 bits per heavy atom. The number of thiophene rings is 1. The average Bonchev–Trinajstić information content (AvgIpc) is 2.51. The summed E-state index contributed by atoms with van der Waals surface area (Å²) in [7, 11) is 1.83. The van der Waals surface area contributed by atoms with Crippen molar-refractivity contribution in [3.63, 3.8) is 0 Å². The van der Waals surface area contributed by atoms with Crippen molar-refractivity contribution in [3.8, 4) is 0 Å². The van der Waals surface area contributed by atoms with Crippen molar-refractivity contribution < 1.29 is 4.79 Å². The van der Waals surface area contributed by atoms with Crippen molar-refractivity contribution in [2.75, 3.05) is 13.6 Å². The summed E-state index contributed by atoms with van der Waals surface area (Å²) in [5, 5.41) is 0. The van der Waals surface area contributed by atoms with Gasteiger partial charge in [-0.05, 0) is 34.5 Å². The third-order valence-electron chi connectivity index (χ3n) is 1.69. The van der Waals surface area contributed by atoms with Crippen LogP contribution in [-0.2, 0) is 0 Å². The lowest BCUT2D eigenvalue weighted by Crippen LogP contribution is -2.26. The topological polar surface area (TPSA) is 20.3 Å². The van der Waals surface area contributed by atoms with Crippen LogP contribution >= 0.6 is 27.3 Å². The predicted molar refractivity (Wildman–Crippen MR) is 59.3 cm³/mol. The number of rotatable bonds is 3. The average molecular weight is 262 g/mol. The number of carbonyl (C=O) groups excluding carboxylic acids is 1. The highest BCUT2D eigenvalue weighted by molar-refractivity contribution is 9.11. The van der Waals surface area contributed by atoms with Crippen LogP contribution in [0.25, 0.3) is 0 Å². The number of hydrogen-bond donors (Lipinski definition) is 0. The molecule has 0 aliphatic carbocycles. The standard InChI is InChI=1S/C9H12BrNOS/c1-3-6-11(2)9(12)7-4-5-8(10)13-7/h4-5H,3,6H2,1-2H3. The molecule has 0 bridgehead atoms. The lowest BCUT2D eigenvalue weighted by molar-refractivity contribution is 0.0800. The Bertz CT molecular complexity index is 298. The van der Waals surface area contributed by atoms with Crippen LogP contribution in [0.5, 0.6) is 0 Å². The minimum absolute atomic E-state index is 0.109. The lowest BCUT2D eigenvalue weighted by atomic mass is 10.4. The van der Waals surface area contributed by atoms with Gasteiger partial charge in [0.1, 0.15) is 0 Å². The molecule has 0 fully saturated rings. The molecule has 2 nitrogen and oxygen atoms in total. The first-order valence-corrected chi connectivity index (χ1v) is 5.77. The van der Waals surface area contributed by atoms with Crippen LogP contribution in [-0.4, -0.2) is 24.4 Å². The Hall–Kier alpha value is -0.350. The second kappa shape index (κ2) is 4.77. The molecule has 0 radical (unpaired) electrons. The Morgan fingerprint density at radius 2 is 2.31 bits per heavy atom. The van der Waals surface area contributed by atoms with E-state index in [9.17, 15) is 4.79 Å². The number of carbonyl (C=O) groups is 1. The third-order valence-corrected chi connectivity index (χ3v) is 3.30. The quantitative estimate of drug-likeness (QED) is 0.820. The molecule has 1 heterocycles. The van der Waals surface area contributed by atoms with Crippen molar-refractivity contribution in [2.24, 2.45) is 0 Å². The van der Waals surface area contributed by atoms with Gasteiger partial charge < -0.3 is 4.90 Å². The molecule has 1 aromatic rings. The fraction of sp³-hybridized carbons (Fsp3) is 0.444. The summed E-state index contributed by atoms with van der Waals surface area (Å²) >= 11 is 4.81.